The minimum atomic E-state index is -0.0148. The number of para-hydroxylation sites is 2. The molecule has 2 saturated heterocycles. The van der Waals surface area contributed by atoms with Gasteiger partial charge in [0, 0.05) is 51.0 Å². The molecule has 8 heteroatoms. The van der Waals surface area contributed by atoms with E-state index in [0.717, 1.165) is 30.5 Å². The van der Waals surface area contributed by atoms with E-state index >= 15 is 0 Å². The van der Waals surface area contributed by atoms with Gasteiger partial charge in [-0.2, -0.15) is 4.98 Å². The number of carbonyl (C=O) groups excluding carboxylic acids is 1. The minimum Gasteiger partial charge on any atom is -0.457 e. The second-order valence-electron chi connectivity index (χ2n) is 8.46. The van der Waals surface area contributed by atoms with Crippen LogP contribution in [0.25, 0.3) is 0 Å². The number of ether oxygens (including phenoxy) is 2. The van der Waals surface area contributed by atoms with Gasteiger partial charge >= 0.3 is 0 Å². The fourth-order valence-electron chi connectivity index (χ4n) is 4.26. The van der Waals surface area contributed by atoms with Crippen LogP contribution >= 0.6 is 0 Å². The number of aryl methyl sites for hydroxylation is 1. The number of anilines is 2. The molecular weight excluding hydrogens is 430 g/mol. The van der Waals surface area contributed by atoms with Crippen LogP contribution in [-0.2, 0) is 4.74 Å². The van der Waals surface area contributed by atoms with E-state index in [1.807, 2.05) is 72.5 Å². The van der Waals surface area contributed by atoms with E-state index in [0.29, 0.717) is 56.5 Å². The quantitative estimate of drug-likeness (QED) is 0.579. The Morgan fingerprint density at radius 3 is 2.32 bits per heavy atom. The van der Waals surface area contributed by atoms with Gasteiger partial charge in [0.2, 0.25) is 5.95 Å². The molecule has 0 spiro atoms. The molecule has 0 radical (unpaired) electrons. The molecule has 3 aromatic rings. The Morgan fingerprint density at radius 2 is 1.56 bits per heavy atom. The van der Waals surface area contributed by atoms with Crippen molar-refractivity contribution in [2.75, 3.05) is 62.3 Å². The molecule has 176 valence electrons. The summed E-state index contributed by atoms with van der Waals surface area (Å²) in [5.74, 6) is 2.93. The number of aromatic nitrogens is 2. The molecule has 0 atom stereocenters. The van der Waals surface area contributed by atoms with Crippen molar-refractivity contribution in [1.82, 2.24) is 14.9 Å². The van der Waals surface area contributed by atoms with Crippen LogP contribution < -0.4 is 14.5 Å². The third-order valence-corrected chi connectivity index (χ3v) is 6.10. The fraction of sp³-hybridized carbons (Fsp3) is 0.346. The maximum absolute atomic E-state index is 13.4. The summed E-state index contributed by atoms with van der Waals surface area (Å²) in [6.45, 7) is 7.66. The first-order valence-corrected chi connectivity index (χ1v) is 11.7. The Kier molecular flexibility index (Phi) is 6.58. The van der Waals surface area contributed by atoms with Gasteiger partial charge in [-0.3, -0.25) is 4.79 Å². The number of benzene rings is 2. The molecule has 2 aromatic carbocycles. The molecule has 34 heavy (non-hydrogen) atoms. The molecule has 1 aromatic heterocycles. The van der Waals surface area contributed by atoms with Gasteiger partial charge in [-0.05, 0) is 31.2 Å². The van der Waals surface area contributed by atoms with Crippen molar-refractivity contribution in [3.05, 3.63) is 71.9 Å². The first-order chi connectivity index (χ1) is 16.7. The second kappa shape index (κ2) is 10.1. The predicted molar refractivity (Wildman–Crippen MR) is 131 cm³/mol. The monoisotopic (exact) mass is 459 g/mol. The highest BCUT2D eigenvalue weighted by atomic mass is 16.5. The number of amides is 1. The van der Waals surface area contributed by atoms with Crippen molar-refractivity contribution in [1.29, 1.82) is 0 Å². The Labute approximate surface area is 199 Å². The molecule has 0 unspecified atom stereocenters. The number of hydrogen-bond donors (Lipinski definition) is 0. The molecule has 3 heterocycles. The summed E-state index contributed by atoms with van der Waals surface area (Å²) in [6.07, 6.45) is 0. The van der Waals surface area contributed by atoms with Crippen molar-refractivity contribution in [2.24, 2.45) is 0 Å². The van der Waals surface area contributed by atoms with Gasteiger partial charge in [-0.15, -0.1) is 0 Å². The SMILES string of the molecule is Cc1cc(N2CCN(C(=O)c3ccccc3Oc3ccccc3)CC2)nc(N2CCOCC2)n1. The van der Waals surface area contributed by atoms with E-state index in [2.05, 4.69) is 14.8 Å². The average molecular weight is 460 g/mol. The highest BCUT2D eigenvalue weighted by Gasteiger charge is 2.26. The number of rotatable bonds is 5. The largest absolute Gasteiger partial charge is 0.457 e. The van der Waals surface area contributed by atoms with Gasteiger partial charge in [-0.1, -0.05) is 30.3 Å². The normalized spacial score (nSPS) is 16.4. The summed E-state index contributed by atoms with van der Waals surface area (Å²) >= 11 is 0. The Balaban J connectivity index is 1.26. The van der Waals surface area contributed by atoms with Crippen LogP contribution in [-0.4, -0.2) is 73.3 Å². The van der Waals surface area contributed by atoms with Crippen LogP contribution in [0, 0.1) is 6.92 Å². The van der Waals surface area contributed by atoms with Crippen LogP contribution in [0.2, 0.25) is 0 Å². The lowest BCUT2D eigenvalue weighted by Crippen LogP contribution is -2.49. The topological polar surface area (TPSA) is 71.0 Å². The molecule has 5 rings (SSSR count). The zero-order valence-electron chi connectivity index (χ0n) is 19.4. The highest BCUT2D eigenvalue weighted by Crippen LogP contribution is 2.27. The summed E-state index contributed by atoms with van der Waals surface area (Å²) in [4.78, 5) is 29.1. The molecular formula is C26H29N5O3. The van der Waals surface area contributed by atoms with E-state index in [-0.39, 0.29) is 5.91 Å². The summed E-state index contributed by atoms with van der Waals surface area (Å²) in [5, 5.41) is 0. The molecule has 0 saturated carbocycles. The summed E-state index contributed by atoms with van der Waals surface area (Å²) in [7, 11) is 0. The Bertz CT molecular complexity index is 1130. The van der Waals surface area contributed by atoms with Crippen molar-refractivity contribution in [3.63, 3.8) is 0 Å². The third-order valence-electron chi connectivity index (χ3n) is 6.10. The van der Waals surface area contributed by atoms with Crippen molar-refractivity contribution >= 4 is 17.7 Å². The molecule has 1 amide bonds. The van der Waals surface area contributed by atoms with Crippen LogP contribution in [0.4, 0.5) is 11.8 Å². The van der Waals surface area contributed by atoms with Gasteiger partial charge in [0.25, 0.3) is 5.91 Å². The smallest absolute Gasteiger partial charge is 0.257 e. The number of nitrogens with zero attached hydrogens (tertiary/aromatic N) is 5. The maximum atomic E-state index is 13.4. The molecule has 2 fully saturated rings. The van der Waals surface area contributed by atoms with Crippen LogP contribution in [0.3, 0.4) is 0 Å². The first-order valence-electron chi connectivity index (χ1n) is 11.7. The first kappa shape index (κ1) is 22.2. The molecule has 0 N–H and O–H groups in total. The number of hydrogen-bond acceptors (Lipinski definition) is 7. The number of morpholine rings is 1. The lowest BCUT2D eigenvalue weighted by molar-refractivity contribution is 0.0744. The fourth-order valence-corrected chi connectivity index (χ4v) is 4.26. The second-order valence-corrected chi connectivity index (χ2v) is 8.46. The predicted octanol–water partition coefficient (Wildman–Crippen LogP) is 3.38. The highest BCUT2D eigenvalue weighted by molar-refractivity contribution is 5.97. The molecule has 2 aliphatic heterocycles. The Hall–Kier alpha value is -3.65. The van der Waals surface area contributed by atoms with Gasteiger partial charge in [0.15, 0.2) is 0 Å². The van der Waals surface area contributed by atoms with Gasteiger partial charge in [0.05, 0.1) is 18.8 Å². The maximum Gasteiger partial charge on any atom is 0.257 e. The zero-order chi connectivity index (χ0) is 23.3. The Morgan fingerprint density at radius 1 is 0.853 bits per heavy atom. The van der Waals surface area contributed by atoms with E-state index < -0.39 is 0 Å². The van der Waals surface area contributed by atoms with Crippen LogP contribution in [0.5, 0.6) is 11.5 Å². The summed E-state index contributed by atoms with van der Waals surface area (Å²) in [5.41, 5.74) is 1.52. The molecule has 2 aliphatic rings. The van der Waals surface area contributed by atoms with Gasteiger partial charge in [-0.25, -0.2) is 4.98 Å². The molecule has 0 aliphatic carbocycles. The van der Waals surface area contributed by atoms with Crippen LogP contribution in [0.1, 0.15) is 16.1 Å². The number of piperazine rings is 1. The standard InChI is InChI=1S/C26H29N5O3/c1-20-19-24(28-26(27-20)31-15-17-33-18-16-31)29-11-13-30(14-12-29)25(32)22-9-5-6-10-23(22)34-21-7-3-2-4-8-21/h2-10,19H,11-18H2,1H3. The lowest BCUT2D eigenvalue weighted by atomic mass is 10.1. The molecule has 8 nitrogen and oxygen atoms in total. The van der Waals surface area contributed by atoms with Crippen LogP contribution in [0.15, 0.2) is 60.7 Å². The average Bonchev–Trinajstić information content (AvgIpc) is 2.89. The van der Waals surface area contributed by atoms with Gasteiger partial charge < -0.3 is 24.2 Å². The zero-order valence-corrected chi connectivity index (χ0v) is 19.4. The molecule has 0 bridgehead atoms. The summed E-state index contributed by atoms with van der Waals surface area (Å²) in [6, 6.07) is 19.0. The minimum absolute atomic E-state index is 0.0148. The summed E-state index contributed by atoms with van der Waals surface area (Å²) < 4.78 is 11.5. The van der Waals surface area contributed by atoms with Gasteiger partial charge in [0.1, 0.15) is 17.3 Å². The number of carbonyl (C=O) groups is 1. The van der Waals surface area contributed by atoms with Crippen molar-refractivity contribution < 1.29 is 14.3 Å². The lowest BCUT2D eigenvalue weighted by Gasteiger charge is -2.36. The van der Waals surface area contributed by atoms with E-state index in [9.17, 15) is 4.79 Å². The van der Waals surface area contributed by atoms with Crippen molar-refractivity contribution in [3.8, 4) is 11.5 Å². The van der Waals surface area contributed by atoms with E-state index in [1.165, 1.54) is 0 Å². The van der Waals surface area contributed by atoms with Crippen molar-refractivity contribution in [2.45, 2.75) is 6.92 Å². The van der Waals surface area contributed by atoms with E-state index in [4.69, 9.17) is 14.5 Å². The third kappa shape index (κ3) is 4.97. The van der Waals surface area contributed by atoms with E-state index in [1.54, 1.807) is 0 Å².